The highest BCUT2D eigenvalue weighted by atomic mass is 35.5. The monoisotopic (exact) mass is 361 g/mol. The van der Waals surface area contributed by atoms with Gasteiger partial charge in [-0.05, 0) is 31.2 Å². The van der Waals surface area contributed by atoms with Gasteiger partial charge < -0.3 is 4.52 Å². The normalized spacial score (nSPS) is 15.0. The van der Waals surface area contributed by atoms with Crippen molar-refractivity contribution in [1.29, 1.82) is 0 Å². The largest absolute Gasteiger partial charge is 0.417 e. The third kappa shape index (κ3) is 2.99. The fraction of sp³-hybridized carbons (Fsp3) is 0.333. The molecule has 0 aliphatic heterocycles. The minimum atomic E-state index is -4.57. The van der Waals surface area contributed by atoms with E-state index in [-0.39, 0.29) is 16.4 Å². The highest BCUT2D eigenvalue weighted by Crippen LogP contribution is 2.44. The molecule has 0 atom stereocenters. The molecule has 2 aromatic rings. The van der Waals surface area contributed by atoms with Gasteiger partial charge in [0.25, 0.3) is 0 Å². The number of rotatable bonds is 4. The molecule has 1 heterocycles. The van der Waals surface area contributed by atoms with E-state index in [1.54, 1.807) is 6.26 Å². The standard InChI is InChI=1S/C15H11ClF3NO2S/c1-23-14-8(4-5-10(11(14)16)15(17,18)19)12(21)9-6-20-22-13(9)7-2-3-7/h4-7H,2-3H2,1H3. The zero-order valence-corrected chi connectivity index (χ0v) is 13.5. The SMILES string of the molecule is CSc1c(C(=O)c2cnoc2C2CC2)ccc(C(F)(F)F)c1Cl. The molecule has 1 aromatic heterocycles. The second kappa shape index (κ2) is 5.87. The van der Waals surface area contributed by atoms with Crippen LogP contribution in [0.3, 0.4) is 0 Å². The van der Waals surface area contributed by atoms with E-state index in [1.165, 1.54) is 6.20 Å². The number of benzene rings is 1. The summed E-state index contributed by atoms with van der Waals surface area (Å²) in [6, 6.07) is 1.99. The molecule has 3 rings (SSSR count). The van der Waals surface area contributed by atoms with Crippen molar-refractivity contribution in [3.8, 4) is 0 Å². The zero-order chi connectivity index (χ0) is 16.8. The summed E-state index contributed by atoms with van der Waals surface area (Å²) < 4.78 is 44.0. The maximum absolute atomic E-state index is 12.9. The smallest absolute Gasteiger partial charge is 0.360 e. The highest BCUT2D eigenvalue weighted by Gasteiger charge is 2.37. The number of alkyl halides is 3. The van der Waals surface area contributed by atoms with Crippen molar-refractivity contribution in [1.82, 2.24) is 5.16 Å². The van der Waals surface area contributed by atoms with Gasteiger partial charge in [0.05, 0.1) is 22.3 Å². The van der Waals surface area contributed by atoms with Crippen LogP contribution in [0.4, 0.5) is 13.2 Å². The van der Waals surface area contributed by atoms with Crippen molar-refractivity contribution < 1.29 is 22.5 Å². The second-order valence-electron chi connectivity index (χ2n) is 5.21. The van der Waals surface area contributed by atoms with Gasteiger partial charge >= 0.3 is 6.18 Å². The predicted octanol–water partition coefficient (Wildman–Crippen LogP) is 5.18. The van der Waals surface area contributed by atoms with Crippen molar-refractivity contribution >= 4 is 29.1 Å². The van der Waals surface area contributed by atoms with Crippen LogP contribution >= 0.6 is 23.4 Å². The van der Waals surface area contributed by atoms with Crippen LogP contribution in [0.2, 0.25) is 5.02 Å². The number of hydrogen-bond donors (Lipinski definition) is 0. The lowest BCUT2D eigenvalue weighted by molar-refractivity contribution is -0.137. The van der Waals surface area contributed by atoms with Gasteiger partial charge in [0.2, 0.25) is 0 Å². The maximum Gasteiger partial charge on any atom is 0.417 e. The van der Waals surface area contributed by atoms with Crippen LogP contribution in [0.5, 0.6) is 0 Å². The fourth-order valence-corrected chi connectivity index (χ4v) is 3.53. The number of ketones is 1. The predicted molar refractivity (Wildman–Crippen MR) is 80.1 cm³/mol. The van der Waals surface area contributed by atoms with E-state index >= 15 is 0 Å². The molecule has 122 valence electrons. The summed E-state index contributed by atoms with van der Waals surface area (Å²) in [4.78, 5) is 12.8. The summed E-state index contributed by atoms with van der Waals surface area (Å²) in [5.74, 6) is 0.241. The topological polar surface area (TPSA) is 43.1 Å². The molecule has 1 fully saturated rings. The summed E-state index contributed by atoms with van der Waals surface area (Å²) in [6.07, 6.45) is 0.149. The van der Waals surface area contributed by atoms with Crippen molar-refractivity contribution in [3.05, 3.63) is 45.8 Å². The Morgan fingerprint density at radius 1 is 1.35 bits per heavy atom. The number of thioether (sulfide) groups is 1. The van der Waals surface area contributed by atoms with Gasteiger partial charge in [-0.25, -0.2) is 0 Å². The first-order valence-corrected chi connectivity index (χ1v) is 8.37. The summed E-state index contributed by atoms with van der Waals surface area (Å²) in [5, 5.41) is 3.19. The van der Waals surface area contributed by atoms with Crippen molar-refractivity contribution in [2.45, 2.75) is 29.8 Å². The minimum absolute atomic E-state index is 0.106. The Morgan fingerprint density at radius 2 is 2.04 bits per heavy atom. The van der Waals surface area contributed by atoms with Crippen LogP contribution < -0.4 is 0 Å². The maximum atomic E-state index is 12.9. The Morgan fingerprint density at radius 3 is 2.61 bits per heavy atom. The summed E-state index contributed by atoms with van der Waals surface area (Å²) in [5.41, 5.74) is -0.535. The zero-order valence-electron chi connectivity index (χ0n) is 11.9. The molecule has 0 amide bonds. The first-order chi connectivity index (χ1) is 10.8. The van der Waals surface area contributed by atoms with Crippen molar-refractivity contribution in [2.75, 3.05) is 6.26 Å². The van der Waals surface area contributed by atoms with E-state index < -0.39 is 22.5 Å². The third-order valence-electron chi connectivity index (χ3n) is 3.64. The molecule has 1 saturated carbocycles. The Kier molecular flexibility index (Phi) is 4.18. The molecule has 3 nitrogen and oxygen atoms in total. The molecule has 23 heavy (non-hydrogen) atoms. The summed E-state index contributed by atoms with van der Waals surface area (Å²) >= 11 is 6.89. The third-order valence-corrected chi connectivity index (χ3v) is 4.98. The van der Waals surface area contributed by atoms with E-state index in [2.05, 4.69) is 5.16 Å². The Labute approximate surface area is 139 Å². The Hall–Kier alpha value is -1.47. The highest BCUT2D eigenvalue weighted by molar-refractivity contribution is 7.98. The van der Waals surface area contributed by atoms with Crippen LogP contribution in [-0.2, 0) is 6.18 Å². The van der Waals surface area contributed by atoms with E-state index in [1.807, 2.05) is 0 Å². The second-order valence-corrected chi connectivity index (χ2v) is 6.41. The molecule has 0 spiro atoms. The van der Waals surface area contributed by atoms with Gasteiger partial charge in [0, 0.05) is 16.4 Å². The average Bonchev–Trinajstić information content (AvgIpc) is 3.22. The summed E-state index contributed by atoms with van der Waals surface area (Å²) in [7, 11) is 0. The van der Waals surface area contributed by atoms with Gasteiger partial charge in [-0.15, -0.1) is 11.8 Å². The molecule has 0 saturated heterocycles. The van der Waals surface area contributed by atoms with Gasteiger partial charge in [0.1, 0.15) is 0 Å². The van der Waals surface area contributed by atoms with E-state index in [0.717, 1.165) is 36.7 Å². The van der Waals surface area contributed by atoms with Gasteiger partial charge in [-0.2, -0.15) is 13.2 Å². The number of carbonyl (C=O) groups is 1. The van der Waals surface area contributed by atoms with Gasteiger partial charge in [-0.3, -0.25) is 4.79 Å². The van der Waals surface area contributed by atoms with E-state index in [9.17, 15) is 18.0 Å². The molecule has 0 bridgehead atoms. The van der Waals surface area contributed by atoms with Crippen LogP contribution in [0.15, 0.2) is 27.7 Å². The molecular formula is C15H11ClF3NO2S. The first-order valence-electron chi connectivity index (χ1n) is 6.77. The molecular weight excluding hydrogens is 351 g/mol. The fourth-order valence-electron chi connectivity index (χ4n) is 2.36. The molecule has 0 radical (unpaired) electrons. The van der Waals surface area contributed by atoms with Crippen molar-refractivity contribution in [2.24, 2.45) is 0 Å². The lowest BCUT2D eigenvalue weighted by atomic mass is 10.0. The quantitative estimate of drug-likeness (QED) is 0.556. The molecule has 1 aliphatic carbocycles. The molecule has 0 unspecified atom stereocenters. The molecule has 0 N–H and O–H groups in total. The minimum Gasteiger partial charge on any atom is -0.360 e. The van der Waals surface area contributed by atoms with Crippen LogP contribution in [0.25, 0.3) is 0 Å². The van der Waals surface area contributed by atoms with Crippen molar-refractivity contribution in [3.63, 3.8) is 0 Å². The van der Waals surface area contributed by atoms with Crippen LogP contribution in [0.1, 0.15) is 46.0 Å². The lowest BCUT2D eigenvalue weighted by Crippen LogP contribution is -2.10. The average molecular weight is 362 g/mol. The van der Waals surface area contributed by atoms with Gasteiger partial charge in [0.15, 0.2) is 11.5 Å². The first kappa shape index (κ1) is 16.4. The molecule has 8 heteroatoms. The lowest BCUT2D eigenvalue weighted by Gasteiger charge is -2.14. The Balaban J connectivity index is 2.07. The molecule has 1 aliphatic rings. The van der Waals surface area contributed by atoms with E-state index in [0.29, 0.717) is 11.3 Å². The number of nitrogens with zero attached hydrogens (tertiary/aromatic N) is 1. The molecule has 1 aromatic carbocycles. The number of aromatic nitrogens is 1. The Bertz CT molecular complexity index is 769. The van der Waals surface area contributed by atoms with Crippen LogP contribution in [-0.4, -0.2) is 17.2 Å². The number of halogens is 4. The van der Waals surface area contributed by atoms with Crippen LogP contribution in [0, 0.1) is 0 Å². The number of hydrogen-bond acceptors (Lipinski definition) is 4. The summed E-state index contributed by atoms with van der Waals surface area (Å²) in [6.45, 7) is 0. The van der Waals surface area contributed by atoms with E-state index in [4.69, 9.17) is 16.1 Å². The number of carbonyl (C=O) groups excluding carboxylic acids is 1. The van der Waals surface area contributed by atoms with Gasteiger partial charge in [-0.1, -0.05) is 16.8 Å².